The van der Waals surface area contributed by atoms with E-state index in [9.17, 15) is 0 Å². The summed E-state index contributed by atoms with van der Waals surface area (Å²) in [5.74, 6) is 0.807. The third-order valence-electron chi connectivity index (χ3n) is 3.03. The molecule has 4 heteroatoms. The summed E-state index contributed by atoms with van der Waals surface area (Å²) < 4.78 is 0.956. The van der Waals surface area contributed by atoms with E-state index in [0.29, 0.717) is 0 Å². The molecule has 0 bridgehead atoms. The molecule has 17 heavy (non-hydrogen) atoms. The van der Waals surface area contributed by atoms with Crippen molar-refractivity contribution in [3.8, 4) is 0 Å². The first kappa shape index (κ1) is 10.7. The van der Waals surface area contributed by atoms with Crippen LogP contribution in [0.4, 0.5) is 5.95 Å². The Morgan fingerprint density at radius 3 is 2.41 bits per heavy atom. The third-order valence-corrected chi connectivity index (χ3v) is 3.81. The molecule has 0 aliphatic carbocycles. The fourth-order valence-corrected chi connectivity index (χ4v) is 2.26. The Balaban J connectivity index is 1.91. The standard InChI is InChI=1S/C13H12BrN3/c1-9-12(14)6-15-13(16-9)17-7-10-4-2-3-5-11(10)8-17/h2-6H,7-8H2,1H3. The van der Waals surface area contributed by atoms with Gasteiger partial charge in [-0.25, -0.2) is 9.97 Å². The first-order valence-corrected chi connectivity index (χ1v) is 6.34. The van der Waals surface area contributed by atoms with Gasteiger partial charge in [0.05, 0.1) is 10.2 Å². The van der Waals surface area contributed by atoms with E-state index in [2.05, 4.69) is 55.1 Å². The van der Waals surface area contributed by atoms with Crippen molar-refractivity contribution in [3.63, 3.8) is 0 Å². The summed E-state index contributed by atoms with van der Waals surface area (Å²) in [6, 6.07) is 8.49. The number of hydrogen-bond donors (Lipinski definition) is 0. The molecule has 1 aliphatic heterocycles. The molecule has 0 radical (unpaired) electrons. The summed E-state index contributed by atoms with van der Waals surface area (Å²) >= 11 is 3.42. The lowest BCUT2D eigenvalue weighted by Gasteiger charge is -2.15. The fraction of sp³-hybridized carbons (Fsp3) is 0.231. The average Bonchev–Trinajstić information content (AvgIpc) is 2.76. The quantitative estimate of drug-likeness (QED) is 0.808. The highest BCUT2D eigenvalue weighted by Crippen LogP contribution is 2.26. The minimum absolute atomic E-state index is 0.807. The van der Waals surface area contributed by atoms with Crippen molar-refractivity contribution in [2.75, 3.05) is 4.90 Å². The second kappa shape index (κ2) is 4.11. The maximum atomic E-state index is 4.51. The van der Waals surface area contributed by atoms with Gasteiger partial charge in [0.15, 0.2) is 0 Å². The van der Waals surface area contributed by atoms with Gasteiger partial charge in [-0.3, -0.25) is 0 Å². The van der Waals surface area contributed by atoms with Gasteiger partial charge in [-0.15, -0.1) is 0 Å². The Morgan fingerprint density at radius 2 is 1.82 bits per heavy atom. The molecule has 0 amide bonds. The topological polar surface area (TPSA) is 29.0 Å². The normalized spacial score (nSPS) is 13.9. The summed E-state index contributed by atoms with van der Waals surface area (Å²) in [5, 5.41) is 0. The number of nitrogens with zero attached hydrogens (tertiary/aromatic N) is 3. The number of hydrogen-bond acceptors (Lipinski definition) is 3. The van der Waals surface area contributed by atoms with Crippen molar-refractivity contribution in [3.05, 3.63) is 51.8 Å². The van der Waals surface area contributed by atoms with Crippen LogP contribution in [-0.2, 0) is 13.1 Å². The molecule has 0 unspecified atom stereocenters. The molecule has 2 heterocycles. The highest BCUT2D eigenvalue weighted by atomic mass is 79.9. The zero-order chi connectivity index (χ0) is 11.8. The molecule has 86 valence electrons. The molecule has 0 N–H and O–H groups in total. The first-order chi connectivity index (χ1) is 8.24. The molecule has 0 fully saturated rings. The van der Waals surface area contributed by atoms with Crippen LogP contribution in [0.3, 0.4) is 0 Å². The average molecular weight is 290 g/mol. The van der Waals surface area contributed by atoms with Crippen molar-refractivity contribution in [1.29, 1.82) is 0 Å². The molecule has 3 nitrogen and oxygen atoms in total. The molecule has 0 spiro atoms. The van der Waals surface area contributed by atoms with E-state index in [4.69, 9.17) is 0 Å². The third kappa shape index (κ3) is 1.93. The number of benzene rings is 1. The van der Waals surface area contributed by atoms with Crippen LogP contribution in [0.2, 0.25) is 0 Å². The second-order valence-electron chi connectivity index (χ2n) is 4.23. The van der Waals surface area contributed by atoms with Crippen molar-refractivity contribution >= 4 is 21.9 Å². The van der Waals surface area contributed by atoms with Gasteiger partial charge in [-0.2, -0.15) is 0 Å². The van der Waals surface area contributed by atoms with Gasteiger partial charge in [0, 0.05) is 19.3 Å². The highest BCUT2D eigenvalue weighted by molar-refractivity contribution is 9.10. The van der Waals surface area contributed by atoms with E-state index >= 15 is 0 Å². The van der Waals surface area contributed by atoms with Crippen LogP contribution >= 0.6 is 15.9 Å². The van der Waals surface area contributed by atoms with Crippen LogP contribution in [-0.4, -0.2) is 9.97 Å². The molecular formula is C13H12BrN3. The maximum absolute atomic E-state index is 4.51. The van der Waals surface area contributed by atoms with Gasteiger partial charge in [0.1, 0.15) is 0 Å². The molecule has 0 saturated heterocycles. The smallest absolute Gasteiger partial charge is 0.226 e. The number of anilines is 1. The van der Waals surface area contributed by atoms with Crippen molar-refractivity contribution < 1.29 is 0 Å². The Hall–Kier alpha value is -1.42. The monoisotopic (exact) mass is 289 g/mol. The molecule has 0 atom stereocenters. The predicted molar refractivity (Wildman–Crippen MR) is 70.8 cm³/mol. The molecule has 1 aromatic heterocycles. The molecule has 0 saturated carbocycles. The van der Waals surface area contributed by atoms with Crippen LogP contribution in [0.5, 0.6) is 0 Å². The van der Waals surface area contributed by atoms with E-state index < -0.39 is 0 Å². The molecule has 2 aromatic rings. The van der Waals surface area contributed by atoms with E-state index in [1.165, 1.54) is 11.1 Å². The summed E-state index contributed by atoms with van der Waals surface area (Å²) in [4.78, 5) is 11.1. The van der Waals surface area contributed by atoms with E-state index in [1.54, 1.807) is 0 Å². The summed E-state index contributed by atoms with van der Waals surface area (Å²) in [7, 11) is 0. The summed E-state index contributed by atoms with van der Waals surface area (Å²) in [5.41, 5.74) is 3.72. The maximum Gasteiger partial charge on any atom is 0.226 e. The summed E-state index contributed by atoms with van der Waals surface area (Å²) in [6.45, 7) is 3.78. The van der Waals surface area contributed by atoms with Gasteiger partial charge < -0.3 is 4.90 Å². The van der Waals surface area contributed by atoms with Crippen LogP contribution in [0.15, 0.2) is 34.9 Å². The Bertz CT molecular complexity index is 543. The van der Waals surface area contributed by atoms with E-state index in [-0.39, 0.29) is 0 Å². The molecule has 1 aromatic carbocycles. The number of fused-ring (bicyclic) bond motifs is 1. The Labute approximate surface area is 109 Å². The van der Waals surface area contributed by atoms with E-state index in [0.717, 1.165) is 29.2 Å². The van der Waals surface area contributed by atoms with E-state index in [1.807, 2.05) is 13.1 Å². The van der Waals surface area contributed by atoms with Crippen LogP contribution in [0, 0.1) is 6.92 Å². The lowest BCUT2D eigenvalue weighted by Crippen LogP contribution is -2.17. The second-order valence-corrected chi connectivity index (χ2v) is 5.08. The van der Waals surface area contributed by atoms with Crippen LogP contribution in [0.25, 0.3) is 0 Å². The van der Waals surface area contributed by atoms with Gasteiger partial charge in [-0.05, 0) is 34.0 Å². The zero-order valence-electron chi connectivity index (χ0n) is 9.52. The summed E-state index contributed by atoms with van der Waals surface area (Å²) in [6.07, 6.45) is 1.82. The largest absolute Gasteiger partial charge is 0.332 e. The highest BCUT2D eigenvalue weighted by Gasteiger charge is 2.20. The molecular weight excluding hydrogens is 278 g/mol. The van der Waals surface area contributed by atoms with Gasteiger partial charge in [0.25, 0.3) is 0 Å². The number of aromatic nitrogens is 2. The zero-order valence-corrected chi connectivity index (χ0v) is 11.1. The van der Waals surface area contributed by atoms with Crippen molar-refractivity contribution in [2.24, 2.45) is 0 Å². The van der Waals surface area contributed by atoms with Gasteiger partial charge >= 0.3 is 0 Å². The van der Waals surface area contributed by atoms with Gasteiger partial charge in [0.2, 0.25) is 5.95 Å². The minimum Gasteiger partial charge on any atom is -0.332 e. The van der Waals surface area contributed by atoms with Gasteiger partial charge in [-0.1, -0.05) is 24.3 Å². The lowest BCUT2D eigenvalue weighted by molar-refractivity contribution is 0.820. The SMILES string of the molecule is Cc1nc(N2Cc3ccccc3C2)ncc1Br. The number of rotatable bonds is 1. The molecule has 1 aliphatic rings. The lowest BCUT2D eigenvalue weighted by atomic mass is 10.1. The van der Waals surface area contributed by atoms with Crippen molar-refractivity contribution in [1.82, 2.24) is 9.97 Å². The Kier molecular flexibility index (Phi) is 2.59. The van der Waals surface area contributed by atoms with Crippen LogP contribution < -0.4 is 4.90 Å². The van der Waals surface area contributed by atoms with Crippen molar-refractivity contribution in [2.45, 2.75) is 20.0 Å². The fourth-order valence-electron chi connectivity index (χ4n) is 2.07. The first-order valence-electron chi connectivity index (χ1n) is 5.55. The molecule has 3 rings (SSSR count). The minimum atomic E-state index is 0.807. The number of halogens is 1. The number of aryl methyl sites for hydroxylation is 1. The Morgan fingerprint density at radius 1 is 1.18 bits per heavy atom. The predicted octanol–water partition coefficient (Wildman–Crippen LogP) is 3.07. The van der Waals surface area contributed by atoms with Crippen LogP contribution in [0.1, 0.15) is 16.8 Å².